The topological polar surface area (TPSA) is 95.1 Å². The number of nitrogens with one attached hydrogen (secondary N) is 1. The molecular formula is C22H19F2N5O3. The zero-order valence-electron chi connectivity index (χ0n) is 17.3. The van der Waals surface area contributed by atoms with E-state index in [1.807, 2.05) is 31.2 Å². The molecule has 0 bridgehead atoms. The molecule has 0 saturated heterocycles. The maximum Gasteiger partial charge on any atom is 0.280 e. The number of ether oxygens (including phenoxy) is 1. The fraction of sp³-hybridized carbons (Fsp3) is 0.182. The minimum atomic E-state index is -0.853. The lowest BCUT2D eigenvalue weighted by Gasteiger charge is -2.07. The van der Waals surface area contributed by atoms with Crippen LogP contribution in [0.15, 0.2) is 53.3 Å². The number of hydrogen-bond donors (Lipinski definition) is 1. The Balaban J connectivity index is 1.44. The Bertz CT molecular complexity index is 1270. The van der Waals surface area contributed by atoms with Gasteiger partial charge in [-0.25, -0.2) is 18.4 Å². The molecular weight excluding hydrogens is 420 g/mol. The van der Waals surface area contributed by atoms with Crippen LogP contribution in [-0.2, 0) is 13.2 Å². The zero-order chi connectivity index (χ0) is 22.7. The molecule has 2 aromatic heterocycles. The fourth-order valence-electron chi connectivity index (χ4n) is 3.03. The third-order valence-corrected chi connectivity index (χ3v) is 4.82. The number of rotatable bonds is 7. The van der Waals surface area contributed by atoms with Crippen molar-refractivity contribution in [3.05, 3.63) is 88.6 Å². The van der Waals surface area contributed by atoms with Crippen LogP contribution >= 0.6 is 0 Å². The molecule has 0 radical (unpaired) electrons. The third-order valence-electron chi connectivity index (χ3n) is 4.82. The summed E-state index contributed by atoms with van der Waals surface area (Å²) in [4.78, 5) is 16.8. The highest BCUT2D eigenvalue weighted by atomic mass is 19.1. The molecule has 0 aliphatic heterocycles. The average Bonchev–Trinajstić information content (AvgIpc) is 3.35. The summed E-state index contributed by atoms with van der Waals surface area (Å²) >= 11 is 0. The van der Waals surface area contributed by atoms with E-state index in [1.165, 1.54) is 6.33 Å². The van der Waals surface area contributed by atoms with Crippen molar-refractivity contribution in [1.82, 2.24) is 19.9 Å². The molecule has 4 rings (SSSR count). The van der Waals surface area contributed by atoms with E-state index < -0.39 is 17.5 Å². The first-order valence-corrected chi connectivity index (χ1v) is 9.69. The number of carbonyl (C=O) groups is 1. The number of amides is 1. The van der Waals surface area contributed by atoms with E-state index in [4.69, 9.17) is 9.26 Å². The summed E-state index contributed by atoms with van der Waals surface area (Å²) in [5.74, 6) is -1.90. The normalized spacial score (nSPS) is 10.9. The second kappa shape index (κ2) is 8.96. The fourth-order valence-corrected chi connectivity index (χ4v) is 3.03. The van der Waals surface area contributed by atoms with Crippen LogP contribution in [0.25, 0.3) is 0 Å². The molecule has 10 heteroatoms. The minimum absolute atomic E-state index is 0.0414. The van der Waals surface area contributed by atoms with Crippen LogP contribution in [0.5, 0.6) is 5.75 Å². The first-order valence-electron chi connectivity index (χ1n) is 9.69. The van der Waals surface area contributed by atoms with Crippen molar-refractivity contribution < 1.29 is 22.8 Å². The molecule has 0 unspecified atom stereocenters. The number of benzene rings is 2. The maximum atomic E-state index is 13.8. The number of aryl methyl sites for hydroxylation is 2. The Morgan fingerprint density at radius 3 is 2.78 bits per heavy atom. The van der Waals surface area contributed by atoms with E-state index in [1.54, 1.807) is 11.6 Å². The summed E-state index contributed by atoms with van der Waals surface area (Å²) < 4.78 is 39.0. The van der Waals surface area contributed by atoms with Gasteiger partial charge < -0.3 is 9.26 Å². The molecule has 164 valence electrons. The summed E-state index contributed by atoms with van der Waals surface area (Å²) in [5.41, 5.74) is 2.48. The van der Waals surface area contributed by atoms with Crippen LogP contribution < -0.4 is 10.1 Å². The monoisotopic (exact) mass is 439 g/mol. The van der Waals surface area contributed by atoms with Gasteiger partial charge in [0.15, 0.2) is 17.3 Å². The Morgan fingerprint density at radius 1 is 1.19 bits per heavy atom. The largest absolute Gasteiger partial charge is 0.486 e. The third kappa shape index (κ3) is 4.64. The van der Waals surface area contributed by atoms with Crippen molar-refractivity contribution in [3.63, 3.8) is 0 Å². The van der Waals surface area contributed by atoms with Gasteiger partial charge in [0.25, 0.3) is 5.91 Å². The summed E-state index contributed by atoms with van der Waals surface area (Å²) in [6, 6.07) is 10.8. The van der Waals surface area contributed by atoms with Gasteiger partial charge in [-0.05, 0) is 37.1 Å². The lowest BCUT2D eigenvalue weighted by atomic mass is 10.1. The van der Waals surface area contributed by atoms with Crippen LogP contribution in [0.1, 0.15) is 32.9 Å². The zero-order valence-corrected chi connectivity index (χ0v) is 17.3. The molecule has 0 atom stereocenters. The van der Waals surface area contributed by atoms with Gasteiger partial charge in [-0.3, -0.25) is 10.1 Å². The maximum absolute atomic E-state index is 13.8. The lowest BCUT2D eigenvalue weighted by Crippen LogP contribution is -2.16. The van der Waals surface area contributed by atoms with Crippen molar-refractivity contribution in [1.29, 1.82) is 0 Å². The predicted molar refractivity (Wildman–Crippen MR) is 110 cm³/mol. The molecule has 0 aliphatic rings. The second-order valence-electron chi connectivity index (χ2n) is 7.08. The molecule has 1 N–H and O–H groups in total. The van der Waals surface area contributed by atoms with Crippen molar-refractivity contribution in [3.8, 4) is 5.75 Å². The Morgan fingerprint density at radius 2 is 2.00 bits per heavy atom. The van der Waals surface area contributed by atoms with E-state index in [0.717, 1.165) is 23.3 Å². The number of aromatic nitrogens is 4. The summed E-state index contributed by atoms with van der Waals surface area (Å²) in [6.07, 6.45) is 1.51. The number of carbonyl (C=O) groups excluding carboxylic acids is 1. The highest BCUT2D eigenvalue weighted by molar-refractivity contribution is 6.02. The van der Waals surface area contributed by atoms with E-state index in [-0.39, 0.29) is 24.0 Å². The standard InChI is InChI=1S/C22H19F2N5O3/c1-13-5-3-4-6-15(13)10-29-12-25-22(27-29)26-21(30)20-17(14(2)32-28-20)11-31-19-8-7-16(23)9-18(19)24/h3-9,12H,10-11H2,1-2H3,(H,26,27,30). The van der Waals surface area contributed by atoms with E-state index >= 15 is 0 Å². The molecule has 0 aliphatic carbocycles. The van der Waals surface area contributed by atoms with Crippen molar-refractivity contribution in [2.24, 2.45) is 0 Å². The Kier molecular flexibility index (Phi) is 5.93. The summed E-state index contributed by atoms with van der Waals surface area (Å²) in [5, 5.41) is 10.6. The summed E-state index contributed by atoms with van der Waals surface area (Å²) in [6.45, 7) is 3.90. The van der Waals surface area contributed by atoms with Gasteiger partial charge in [0.2, 0.25) is 5.95 Å². The van der Waals surface area contributed by atoms with Gasteiger partial charge in [-0.1, -0.05) is 29.4 Å². The van der Waals surface area contributed by atoms with Gasteiger partial charge in [-0.2, -0.15) is 0 Å². The predicted octanol–water partition coefficient (Wildman–Crippen LogP) is 4.04. The molecule has 0 saturated carbocycles. The smallest absolute Gasteiger partial charge is 0.280 e. The van der Waals surface area contributed by atoms with Crippen LogP contribution in [-0.4, -0.2) is 25.8 Å². The number of nitrogens with zero attached hydrogens (tertiary/aromatic N) is 4. The van der Waals surface area contributed by atoms with Gasteiger partial charge in [-0.15, -0.1) is 5.10 Å². The second-order valence-corrected chi connectivity index (χ2v) is 7.08. The van der Waals surface area contributed by atoms with Gasteiger partial charge >= 0.3 is 0 Å². The van der Waals surface area contributed by atoms with Crippen molar-refractivity contribution in [2.75, 3.05) is 5.32 Å². The van der Waals surface area contributed by atoms with Gasteiger partial charge in [0, 0.05) is 6.07 Å². The average molecular weight is 439 g/mol. The molecule has 0 fully saturated rings. The molecule has 0 spiro atoms. The van der Waals surface area contributed by atoms with Crippen LogP contribution in [0.2, 0.25) is 0 Å². The van der Waals surface area contributed by atoms with E-state index in [0.29, 0.717) is 23.9 Å². The van der Waals surface area contributed by atoms with Gasteiger partial charge in [0.05, 0.1) is 12.1 Å². The first kappa shape index (κ1) is 21.2. The highest BCUT2D eigenvalue weighted by Crippen LogP contribution is 2.22. The highest BCUT2D eigenvalue weighted by Gasteiger charge is 2.22. The lowest BCUT2D eigenvalue weighted by molar-refractivity contribution is 0.101. The number of hydrogen-bond acceptors (Lipinski definition) is 6. The molecule has 2 aromatic carbocycles. The molecule has 1 amide bonds. The first-order chi connectivity index (χ1) is 15.4. The SMILES string of the molecule is Cc1ccccc1Cn1cnc(NC(=O)c2noc(C)c2COc2ccc(F)cc2F)n1. The minimum Gasteiger partial charge on any atom is -0.486 e. The van der Waals surface area contributed by atoms with Crippen LogP contribution in [0.4, 0.5) is 14.7 Å². The van der Waals surface area contributed by atoms with Crippen molar-refractivity contribution >= 4 is 11.9 Å². The van der Waals surface area contributed by atoms with Crippen LogP contribution in [0.3, 0.4) is 0 Å². The van der Waals surface area contributed by atoms with Crippen LogP contribution in [0, 0.1) is 25.5 Å². The molecule has 32 heavy (non-hydrogen) atoms. The number of anilines is 1. The molecule has 8 nitrogen and oxygen atoms in total. The van der Waals surface area contributed by atoms with Crippen molar-refractivity contribution in [2.45, 2.75) is 27.0 Å². The Labute approximate surface area is 181 Å². The molecule has 4 aromatic rings. The summed E-state index contributed by atoms with van der Waals surface area (Å²) in [7, 11) is 0. The van der Waals surface area contributed by atoms with E-state index in [2.05, 4.69) is 20.6 Å². The molecule has 2 heterocycles. The quantitative estimate of drug-likeness (QED) is 0.467. The van der Waals surface area contributed by atoms with E-state index in [9.17, 15) is 13.6 Å². The number of halogens is 2. The van der Waals surface area contributed by atoms with Gasteiger partial charge in [0.1, 0.15) is 24.5 Å². The Hall–Kier alpha value is -4.08.